The second kappa shape index (κ2) is 11.3. The summed E-state index contributed by atoms with van der Waals surface area (Å²) in [5, 5.41) is 14.7. The number of nitriles is 1. The minimum absolute atomic E-state index is 0.0211. The lowest BCUT2D eigenvalue weighted by Crippen LogP contribution is -2.21. The minimum atomic E-state index is -0.586. The first-order chi connectivity index (χ1) is 14.1. The van der Waals surface area contributed by atoms with Gasteiger partial charge in [0, 0.05) is 5.02 Å². The Morgan fingerprint density at radius 2 is 1.93 bits per heavy atom. The van der Waals surface area contributed by atoms with Crippen molar-refractivity contribution in [2.24, 2.45) is 0 Å². The maximum Gasteiger partial charge on any atom is 0.325 e. The van der Waals surface area contributed by atoms with Gasteiger partial charge in [-0.2, -0.15) is 10.2 Å². The number of nitrogens with zero attached hydrogens (tertiary/aromatic N) is 3. The lowest BCUT2D eigenvalue weighted by Gasteiger charge is -2.13. The highest BCUT2D eigenvalue weighted by Gasteiger charge is 2.13. The first-order valence-electron chi connectivity index (χ1n) is 8.69. The smallest absolute Gasteiger partial charge is 0.325 e. The van der Waals surface area contributed by atoms with Gasteiger partial charge in [0.15, 0.2) is 5.82 Å². The zero-order valence-corrected chi connectivity index (χ0v) is 16.4. The van der Waals surface area contributed by atoms with Gasteiger partial charge >= 0.3 is 6.03 Å². The van der Waals surface area contributed by atoms with Crippen LogP contribution in [0, 0.1) is 11.3 Å². The fourth-order valence-electron chi connectivity index (χ4n) is 2.10. The van der Waals surface area contributed by atoms with Crippen LogP contribution in [-0.4, -0.2) is 29.2 Å². The molecule has 1 aromatic carbocycles. The Hall–Kier alpha value is -3.57. The number of urea groups is 1. The van der Waals surface area contributed by atoms with E-state index in [1.807, 2.05) is 6.07 Å². The van der Waals surface area contributed by atoms with E-state index in [1.54, 1.807) is 30.4 Å². The van der Waals surface area contributed by atoms with Crippen molar-refractivity contribution in [2.75, 3.05) is 23.8 Å². The van der Waals surface area contributed by atoms with E-state index in [2.05, 4.69) is 33.8 Å². The normalized spacial score (nSPS) is 9.79. The van der Waals surface area contributed by atoms with Gasteiger partial charge in [0.25, 0.3) is 5.88 Å². The fourth-order valence-corrected chi connectivity index (χ4v) is 2.27. The van der Waals surface area contributed by atoms with E-state index in [0.29, 0.717) is 35.9 Å². The Kier molecular flexibility index (Phi) is 8.48. The zero-order valence-electron chi connectivity index (χ0n) is 15.7. The van der Waals surface area contributed by atoms with E-state index in [1.165, 1.54) is 6.20 Å². The van der Waals surface area contributed by atoms with Crippen molar-refractivity contribution in [3.63, 3.8) is 0 Å². The van der Waals surface area contributed by atoms with Gasteiger partial charge in [0.05, 0.1) is 25.1 Å². The molecule has 0 aliphatic rings. The number of nitrogens with one attached hydrogen (secondary N) is 2. The number of amides is 2. The average molecular weight is 414 g/mol. The van der Waals surface area contributed by atoms with Crippen molar-refractivity contribution in [2.45, 2.75) is 12.8 Å². The molecule has 0 radical (unpaired) electrons. The van der Waals surface area contributed by atoms with Crippen LogP contribution in [0.15, 0.2) is 49.7 Å². The summed E-state index contributed by atoms with van der Waals surface area (Å²) in [6.07, 6.45) is 5.90. The molecular formula is C20H20ClN5O3. The summed E-state index contributed by atoms with van der Waals surface area (Å²) < 4.78 is 11.0. The van der Waals surface area contributed by atoms with Gasteiger partial charge in [0.2, 0.25) is 5.69 Å². The molecule has 0 atom stereocenters. The van der Waals surface area contributed by atoms with Crippen LogP contribution in [0.5, 0.6) is 11.6 Å². The molecule has 0 saturated heterocycles. The number of carbonyl (C=O) groups is 1. The molecule has 8 nitrogen and oxygen atoms in total. The standard InChI is InChI=1S/C20H20ClN5O3/c1-3-5-9-28-17-8-7-14(21)11-15(17)24-20(27)26-18-13-23-16(12-22)19(25-18)29-10-6-4-2/h3-4,7-8,11,13H,1-2,5-6,9-10H2,(H2,24,25,26,27). The van der Waals surface area contributed by atoms with Gasteiger partial charge in [0.1, 0.15) is 11.8 Å². The molecule has 0 spiro atoms. The minimum Gasteiger partial charge on any atom is -0.491 e. The molecule has 2 N–H and O–H groups in total. The van der Waals surface area contributed by atoms with Crippen molar-refractivity contribution in [1.82, 2.24) is 9.97 Å². The highest BCUT2D eigenvalue weighted by Crippen LogP contribution is 2.28. The first-order valence-corrected chi connectivity index (χ1v) is 9.07. The molecule has 9 heteroatoms. The third-order valence-corrected chi connectivity index (χ3v) is 3.65. The van der Waals surface area contributed by atoms with Gasteiger partial charge < -0.3 is 14.8 Å². The molecule has 0 saturated carbocycles. The van der Waals surface area contributed by atoms with Gasteiger partial charge in [-0.1, -0.05) is 23.8 Å². The van der Waals surface area contributed by atoms with Crippen LogP contribution in [0.1, 0.15) is 18.5 Å². The summed E-state index contributed by atoms with van der Waals surface area (Å²) in [4.78, 5) is 20.4. The molecule has 0 aliphatic carbocycles. The Labute approximate surface area is 173 Å². The van der Waals surface area contributed by atoms with Crippen LogP contribution < -0.4 is 20.1 Å². The van der Waals surface area contributed by atoms with Gasteiger partial charge in [-0.25, -0.2) is 9.78 Å². The van der Waals surface area contributed by atoms with Gasteiger partial charge in [-0.05, 0) is 31.0 Å². The summed E-state index contributed by atoms with van der Waals surface area (Å²) in [6, 6.07) is 6.19. The second-order valence-electron chi connectivity index (χ2n) is 5.59. The first kappa shape index (κ1) is 21.7. The van der Waals surface area contributed by atoms with Gasteiger partial charge in [-0.15, -0.1) is 13.2 Å². The molecule has 2 amide bonds. The van der Waals surface area contributed by atoms with Crippen LogP contribution in [0.2, 0.25) is 5.02 Å². The van der Waals surface area contributed by atoms with E-state index < -0.39 is 6.03 Å². The molecule has 1 aromatic heterocycles. The Balaban J connectivity index is 2.10. The largest absolute Gasteiger partial charge is 0.491 e. The van der Waals surface area contributed by atoms with Crippen molar-refractivity contribution >= 4 is 29.1 Å². The number of hydrogen-bond acceptors (Lipinski definition) is 6. The van der Waals surface area contributed by atoms with E-state index in [-0.39, 0.29) is 24.0 Å². The topological polar surface area (TPSA) is 109 Å². The summed E-state index contributed by atoms with van der Waals surface area (Å²) in [6.45, 7) is 7.93. The molecule has 0 fully saturated rings. The predicted octanol–water partition coefficient (Wildman–Crippen LogP) is 4.56. The SMILES string of the molecule is C=CCCOc1ccc(Cl)cc1NC(=O)Nc1cnc(C#N)c(OCCC=C)n1. The number of carbonyl (C=O) groups excluding carboxylic acids is 1. The third-order valence-electron chi connectivity index (χ3n) is 3.42. The average Bonchev–Trinajstić information content (AvgIpc) is 2.70. The Morgan fingerprint density at radius 3 is 2.62 bits per heavy atom. The number of ether oxygens (including phenoxy) is 2. The number of halogens is 1. The van der Waals surface area contributed by atoms with Crippen LogP contribution in [0.4, 0.5) is 16.3 Å². The molecule has 0 aliphatic heterocycles. The second-order valence-corrected chi connectivity index (χ2v) is 6.03. The molecule has 2 rings (SSSR count). The summed E-state index contributed by atoms with van der Waals surface area (Å²) in [5.74, 6) is 0.611. The summed E-state index contributed by atoms with van der Waals surface area (Å²) >= 11 is 6.02. The molecule has 2 aromatic rings. The lowest BCUT2D eigenvalue weighted by atomic mass is 10.3. The van der Waals surface area contributed by atoms with E-state index in [9.17, 15) is 4.79 Å². The Bertz CT molecular complexity index is 927. The van der Waals surface area contributed by atoms with E-state index in [0.717, 1.165) is 0 Å². The number of anilines is 2. The van der Waals surface area contributed by atoms with Crippen LogP contribution in [-0.2, 0) is 0 Å². The van der Waals surface area contributed by atoms with Crippen LogP contribution >= 0.6 is 11.6 Å². The number of hydrogen-bond donors (Lipinski definition) is 2. The monoisotopic (exact) mass is 413 g/mol. The van der Waals surface area contributed by atoms with Crippen molar-refractivity contribution in [3.8, 4) is 17.7 Å². The zero-order chi connectivity index (χ0) is 21.1. The number of benzene rings is 1. The van der Waals surface area contributed by atoms with Crippen LogP contribution in [0.25, 0.3) is 0 Å². The molecule has 29 heavy (non-hydrogen) atoms. The summed E-state index contributed by atoms with van der Waals surface area (Å²) in [5.41, 5.74) is 0.413. The molecule has 0 bridgehead atoms. The van der Waals surface area contributed by atoms with E-state index in [4.69, 9.17) is 26.3 Å². The lowest BCUT2D eigenvalue weighted by molar-refractivity contribution is 0.261. The molecule has 0 unspecified atom stereocenters. The summed E-state index contributed by atoms with van der Waals surface area (Å²) in [7, 11) is 0. The maximum atomic E-state index is 12.4. The Morgan fingerprint density at radius 1 is 1.21 bits per heavy atom. The van der Waals surface area contributed by atoms with Gasteiger partial charge in [-0.3, -0.25) is 5.32 Å². The molecule has 150 valence electrons. The van der Waals surface area contributed by atoms with Crippen molar-refractivity contribution in [3.05, 3.63) is 60.4 Å². The highest BCUT2D eigenvalue weighted by atomic mass is 35.5. The van der Waals surface area contributed by atoms with E-state index >= 15 is 0 Å². The van der Waals surface area contributed by atoms with Crippen molar-refractivity contribution < 1.29 is 14.3 Å². The van der Waals surface area contributed by atoms with Crippen molar-refractivity contribution in [1.29, 1.82) is 5.26 Å². The number of rotatable bonds is 10. The fraction of sp³-hybridized carbons (Fsp3) is 0.200. The third kappa shape index (κ3) is 6.83. The molecular weight excluding hydrogens is 394 g/mol. The maximum absolute atomic E-state index is 12.4. The molecule has 1 heterocycles. The quantitative estimate of drug-likeness (QED) is 0.436. The highest BCUT2D eigenvalue weighted by molar-refractivity contribution is 6.31. The predicted molar refractivity (Wildman–Crippen MR) is 111 cm³/mol. The van der Waals surface area contributed by atoms with Crippen LogP contribution in [0.3, 0.4) is 0 Å². The number of aromatic nitrogens is 2.